The number of hydrogen-bond acceptors (Lipinski definition) is 2. The van der Waals surface area contributed by atoms with Crippen LogP contribution >= 0.6 is 12.2 Å². The fourth-order valence-corrected chi connectivity index (χ4v) is 2.01. The van der Waals surface area contributed by atoms with E-state index in [2.05, 4.69) is 0 Å². The molecule has 0 spiro atoms. The van der Waals surface area contributed by atoms with Crippen LogP contribution in [0.1, 0.15) is 32.1 Å². The number of rotatable bonds is 2. The van der Waals surface area contributed by atoms with Gasteiger partial charge in [-0.1, -0.05) is 24.7 Å². The Labute approximate surface area is 89.5 Å². The van der Waals surface area contributed by atoms with E-state index in [4.69, 9.17) is 17.1 Å². The van der Waals surface area contributed by atoms with Gasteiger partial charge in [-0.25, -0.2) is 0 Å². The molecule has 1 aliphatic carbocycles. The van der Waals surface area contributed by atoms with Gasteiger partial charge in [0.2, 0.25) is 0 Å². The number of hydrogen-bond donors (Lipinski definition) is 0. The van der Waals surface area contributed by atoms with Crippen molar-refractivity contribution in [2.75, 3.05) is 0 Å². The van der Waals surface area contributed by atoms with E-state index in [1.54, 1.807) is 4.73 Å². The van der Waals surface area contributed by atoms with E-state index in [1.807, 2.05) is 24.4 Å². The molecule has 1 saturated carbocycles. The van der Waals surface area contributed by atoms with Gasteiger partial charge in [0.25, 0.3) is 0 Å². The lowest BCUT2D eigenvalue weighted by atomic mass is 9.98. The molecule has 0 bridgehead atoms. The summed E-state index contributed by atoms with van der Waals surface area (Å²) < 4.78 is 2.46. The summed E-state index contributed by atoms with van der Waals surface area (Å²) in [6.07, 6.45) is 8.48. The molecule has 76 valence electrons. The second-order valence-electron chi connectivity index (χ2n) is 3.73. The minimum atomic E-state index is 0.359. The van der Waals surface area contributed by atoms with Crippen LogP contribution in [0.25, 0.3) is 0 Å². The lowest BCUT2D eigenvalue weighted by Gasteiger charge is -2.23. The first-order valence-corrected chi connectivity index (χ1v) is 5.62. The van der Waals surface area contributed by atoms with Crippen LogP contribution in [0.15, 0.2) is 24.4 Å². The first-order valence-electron chi connectivity index (χ1n) is 5.21. The molecule has 1 heterocycles. The summed E-state index contributed by atoms with van der Waals surface area (Å²) in [5, 5.41) is 0. The first kappa shape index (κ1) is 9.71. The van der Waals surface area contributed by atoms with E-state index in [1.165, 1.54) is 19.3 Å². The Morgan fingerprint density at radius 1 is 1.21 bits per heavy atom. The molecule has 1 fully saturated rings. The summed E-state index contributed by atoms with van der Waals surface area (Å²) in [4.78, 5) is 5.80. The van der Waals surface area contributed by atoms with Crippen molar-refractivity contribution in [3.8, 4) is 0 Å². The maximum atomic E-state index is 5.80. The summed E-state index contributed by atoms with van der Waals surface area (Å²) in [6, 6.07) is 5.76. The van der Waals surface area contributed by atoms with Crippen molar-refractivity contribution in [1.29, 1.82) is 0 Å². The van der Waals surface area contributed by atoms with Crippen molar-refractivity contribution in [1.82, 2.24) is 4.73 Å². The van der Waals surface area contributed by atoms with Crippen molar-refractivity contribution in [3.63, 3.8) is 0 Å². The predicted molar refractivity (Wildman–Crippen MR) is 58.7 cm³/mol. The van der Waals surface area contributed by atoms with Gasteiger partial charge in [-0.3, -0.25) is 0 Å². The topological polar surface area (TPSA) is 14.2 Å². The molecule has 0 amide bonds. The highest BCUT2D eigenvalue weighted by molar-refractivity contribution is 7.71. The summed E-state index contributed by atoms with van der Waals surface area (Å²) >= 11 is 5.16. The highest BCUT2D eigenvalue weighted by Gasteiger charge is 2.14. The fraction of sp³-hybridized carbons (Fsp3) is 0.545. The zero-order valence-corrected chi connectivity index (χ0v) is 9.00. The summed E-state index contributed by atoms with van der Waals surface area (Å²) in [7, 11) is 0. The molecule has 0 aromatic carbocycles. The third-order valence-electron chi connectivity index (χ3n) is 2.60. The van der Waals surface area contributed by atoms with Gasteiger partial charge in [0.15, 0.2) is 0 Å². The monoisotopic (exact) mass is 209 g/mol. The summed E-state index contributed by atoms with van der Waals surface area (Å²) in [6.45, 7) is 0. The SMILES string of the molecule is S=c1ccccn1OC1CCCCC1. The molecule has 3 heteroatoms. The lowest BCUT2D eigenvalue weighted by Crippen LogP contribution is -2.27. The number of pyridine rings is 1. The zero-order valence-electron chi connectivity index (χ0n) is 8.19. The molecule has 0 aliphatic heterocycles. The van der Waals surface area contributed by atoms with E-state index in [9.17, 15) is 0 Å². The fourth-order valence-electron chi connectivity index (χ4n) is 1.83. The molecular weight excluding hydrogens is 194 g/mol. The second kappa shape index (κ2) is 4.60. The molecule has 14 heavy (non-hydrogen) atoms. The van der Waals surface area contributed by atoms with Gasteiger partial charge in [0.1, 0.15) is 10.7 Å². The minimum absolute atomic E-state index is 0.359. The Balaban J connectivity index is 2.03. The minimum Gasteiger partial charge on any atom is -0.410 e. The first-order chi connectivity index (χ1) is 6.86. The maximum Gasteiger partial charge on any atom is 0.142 e. The van der Waals surface area contributed by atoms with Gasteiger partial charge >= 0.3 is 0 Å². The van der Waals surface area contributed by atoms with Gasteiger partial charge in [0.05, 0.1) is 0 Å². The Kier molecular flexibility index (Phi) is 3.19. The molecule has 0 radical (unpaired) electrons. The molecule has 1 aliphatic rings. The molecule has 0 N–H and O–H groups in total. The van der Waals surface area contributed by atoms with Crippen LogP contribution < -0.4 is 4.84 Å². The van der Waals surface area contributed by atoms with Crippen LogP contribution in [-0.2, 0) is 0 Å². The Bertz CT molecular complexity index is 341. The van der Waals surface area contributed by atoms with Crippen molar-refractivity contribution in [2.45, 2.75) is 38.2 Å². The third-order valence-corrected chi connectivity index (χ3v) is 2.92. The summed E-state index contributed by atoms with van der Waals surface area (Å²) in [5.41, 5.74) is 0. The number of aromatic nitrogens is 1. The molecule has 1 aromatic rings. The van der Waals surface area contributed by atoms with Crippen LogP contribution in [0.5, 0.6) is 0 Å². The maximum absolute atomic E-state index is 5.80. The van der Waals surface area contributed by atoms with Crippen LogP contribution in [0, 0.1) is 4.64 Å². The van der Waals surface area contributed by atoms with Gasteiger partial charge < -0.3 is 4.84 Å². The van der Waals surface area contributed by atoms with Gasteiger partial charge in [-0.15, -0.1) is 0 Å². The number of nitrogens with zero attached hydrogens (tertiary/aromatic N) is 1. The molecule has 0 saturated heterocycles. The smallest absolute Gasteiger partial charge is 0.142 e. The van der Waals surface area contributed by atoms with E-state index < -0.39 is 0 Å². The van der Waals surface area contributed by atoms with E-state index in [0.29, 0.717) is 6.10 Å². The Hall–Kier alpha value is -0.830. The normalized spacial score (nSPS) is 18.0. The Morgan fingerprint density at radius 3 is 2.71 bits per heavy atom. The quantitative estimate of drug-likeness (QED) is 0.695. The van der Waals surface area contributed by atoms with Crippen molar-refractivity contribution in [3.05, 3.63) is 29.0 Å². The Morgan fingerprint density at radius 2 is 2.00 bits per heavy atom. The van der Waals surface area contributed by atoms with E-state index >= 15 is 0 Å². The highest BCUT2D eigenvalue weighted by Crippen LogP contribution is 2.18. The average molecular weight is 209 g/mol. The van der Waals surface area contributed by atoms with Crippen molar-refractivity contribution < 1.29 is 4.84 Å². The van der Waals surface area contributed by atoms with Crippen LogP contribution in [0.3, 0.4) is 0 Å². The standard InChI is InChI=1S/C11H15NOS/c14-11-8-4-5-9-12(11)13-10-6-2-1-3-7-10/h4-5,8-10H,1-3,6-7H2. The predicted octanol–water partition coefficient (Wildman–Crippen LogP) is 2.98. The van der Waals surface area contributed by atoms with Gasteiger partial charge in [-0.2, -0.15) is 4.73 Å². The molecule has 1 aromatic heterocycles. The van der Waals surface area contributed by atoms with E-state index in [-0.39, 0.29) is 0 Å². The van der Waals surface area contributed by atoms with Crippen molar-refractivity contribution >= 4 is 12.2 Å². The van der Waals surface area contributed by atoms with Crippen molar-refractivity contribution in [2.24, 2.45) is 0 Å². The molecule has 2 nitrogen and oxygen atoms in total. The molecule has 0 unspecified atom stereocenters. The zero-order chi connectivity index (χ0) is 9.80. The van der Waals surface area contributed by atoms with Crippen LogP contribution in [0.4, 0.5) is 0 Å². The largest absolute Gasteiger partial charge is 0.410 e. The van der Waals surface area contributed by atoms with Gasteiger partial charge in [0, 0.05) is 6.20 Å². The third kappa shape index (κ3) is 2.35. The van der Waals surface area contributed by atoms with Crippen LogP contribution in [0.2, 0.25) is 0 Å². The average Bonchev–Trinajstić information content (AvgIpc) is 2.23. The van der Waals surface area contributed by atoms with E-state index in [0.717, 1.165) is 17.5 Å². The molecule has 2 rings (SSSR count). The van der Waals surface area contributed by atoms with Gasteiger partial charge in [-0.05, 0) is 37.8 Å². The molecule has 0 atom stereocenters. The summed E-state index contributed by atoms with van der Waals surface area (Å²) in [5.74, 6) is 0. The highest BCUT2D eigenvalue weighted by atomic mass is 32.1. The molecular formula is C11H15NOS. The second-order valence-corrected chi connectivity index (χ2v) is 4.15. The lowest BCUT2D eigenvalue weighted by molar-refractivity contribution is 0.0119. The van der Waals surface area contributed by atoms with Crippen LogP contribution in [-0.4, -0.2) is 10.8 Å².